The van der Waals surface area contributed by atoms with E-state index in [2.05, 4.69) is 4.74 Å². The van der Waals surface area contributed by atoms with E-state index in [0.29, 0.717) is 25.9 Å². The van der Waals surface area contributed by atoms with Crippen molar-refractivity contribution in [3.05, 3.63) is 0 Å². The van der Waals surface area contributed by atoms with Crippen LogP contribution in [0.3, 0.4) is 0 Å². The van der Waals surface area contributed by atoms with E-state index in [1.165, 1.54) is 0 Å². The number of piperidine rings is 1. The molecule has 106 valence electrons. The highest BCUT2D eigenvalue weighted by Gasteiger charge is 2.27. The summed E-state index contributed by atoms with van der Waals surface area (Å²) in [6, 6.07) is 0. The lowest BCUT2D eigenvalue weighted by Gasteiger charge is -2.30. The van der Waals surface area contributed by atoms with Crippen molar-refractivity contribution < 1.29 is 27.8 Å². The maximum absolute atomic E-state index is 11.8. The summed E-state index contributed by atoms with van der Waals surface area (Å²) in [7, 11) is 0. The fourth-order valence-electron chi connectivity index (χ4n) is 2.04. The lowest BCUT2D eigenvalue weighted by atomic mass is 9.98. The van der Waals surface area contributed by atoms with E-state index in [9.17, 15) is 18.0 Å². The van der Waals surface area contributed by atoms with E-state index in [0.717, 1.165) is 13.0 Å². The van der Waals surface area contributed by atoms with Crippen molar-refractivity contribution >= 4 is 5.97 Å². The van der Waals surface area contributed by atoms with Crippen molar-refractivity contribution in [2.24, 2.45) is 5.92 Å². The zero-order chi connectivity index (χ0) is 13.6. The Hall–Kier alpha value is -0.820. The number of halogens is 3. The minimum absolute atomic E-state index is 0.0494. The molecule has 0 spiro atoms. The zero-order valence-electron chi connectivity index (χ0n) is 10.1. The Morgan fingerprint density at radius 3 is 2.78 bits per heavy atom. The number of carboxylic acids is 1. The van der Waals surface area contributed by atoms with E-state index >= 15 is 0 Å². The number of likely N-dealkylation sites (tertiary alicyclic amines) is 1. The highest BCUT2D eigenvalue weighted by atomic mass is 19.4. The van der Waals surface area contributed by atoms with Crippen molar-refractivity contribution in [1.29, 1.82) is 0 Å². The van der Waals surface area contributed by atoms with Crippen LogP contribution in [0.1, 0.15) is 19.3 Å². The number of hydrogen-bond acceptors (Lipinski definition) is 3. The molecule has 0 aliphatic carbocycles. The number of nitrogens with zero attached hydrogens (tertiary/aromatic N) is 1. The van der Waals surface area contributed by atoms with E-state index in [1.807, 2.05) is 4.90 Å². The molecule has 1 aliphatic rings. The van der Waals surface area contributed by atoms with Gasteiger partial charge in [0, 0.05) is 19.7 Å². The number of rotatable bonds is 6. The first-order valence-corrected chi connectivity index (χ1v) is 5.98. The van der Waals surface area contributed by atoms with Crippen LogP contribution in [0.25, 0.3) is 0 Å². The fraction of sp³-hybridized carbons (Fsp3) is 0.909. The van der Waals surface area contributed by atoms with Crippen molar-refractivity contribution in [3.8, 4) is 0 Å². The molecule has 18 heavy (non-hydrogen) atoms. The molecule has 1 aliphatic heterocycles. The van der Waals surface area contributed by atoms with Crippen LogP contribution in [0.5, 0.6) is 0 Å². The van der Waals surface area contributed by atoms with Gasteiger partial charge in [0.1, 0.15) is 6.61 Å². The van der Waals surface area contributed by atoms with Crippen LogP contribution in [0, 0.1) is 5.92 Å². The maximum atomic E-state index is 11.8. The highest BCUT2D eigenvalue weighted by Crippen LogP contribution is 2.17. The SMILES string of the molecule is O=C(O)C1CCCN(CCCOCC(F)(F)F)C1. The van der Waals surface area contributed by atoms with Gasteiger partial charge in [-0.1, -0.05) is 0 Å². The molecule has 1 saturated heterocycles. The molecular weight excluding hydrogens is 251 g/mol. The first-order chi connectivity index (χ1) is 8.38. The van der Waals surface area contributed by atoms with Gasteiger partial charge in [0.05, 0.1) is 5.92 Å². The molecule has 1 unspecified atom stereocenters. The smallest absolute Gasteiger partial charge is 0.411 e. The van der Waals surface area contributed by atoms with Gasteiger partial charge in [0.25, 0.3) is 0 Å². The Morgan fingerprint density at radius 1 is 1.44 bits per heavy atom. The van der Waals surface area contributed by atoms with Crippen LogP contribution in [-0.2, 0) is 9.53 Å². The van der Waals surface area contributed by atoms with E-state index in [4.69, 9.17) is 5.11 Å². The second-order valence-corrected chi connectivity index (χ2v) is 4.50. The van der Waals surface area contributed by atoms with Crippen LogP contribution in [0.15, 0.2) is 0 Å². The maximum Gasteiger partial charge on any atom is 0.411 e. The van der Waals surface area contributed by atoms with Crippen LogP contribution in [0.2, 0.25) is 0 Å². The highest BCUT2D eigenvalue weighted by molar-refractivity contribution is 5.70. The Kier molecular flexibility index (Phi) is 5.87. The summed E-state index contributed by atoms with van der Waals surface area (Å²) < 4.78 is 39.8. The summed E-state index contributed by atoms with van der Waals surface area (Å²) in [5.41, 5.74) is 0. The average molecular weight is 269 g/mol. The third-order valence-corrected chi connectivity index (χ3v) is 2.88. The molecule has 0 saturated carbocycles. The number of aliphatic carboxylic acids is 1. The summed E-state index contributed by atoms with van der Waals surface area (Å²) in [6.07, 6.45) is -2.29. The first-order valence-electron chi connectivity index (χ1n) is 5.98. The van der Waals surface area contributed by atoms with Gasteiger partial charge in [0.15, 0.2) is 0 Å². The van der Waals surface area contributed by atoms with Crippen LogP contribution in [0.4, 0.5) is 13.2 Å². The minimum Gasteiger partial charge on any atom is -0.481 e. The van der Waals surface area contributed by atoms with Crippen LogP contribution in [-0.4, -0.2) is 55.0 Å². The predicted octanol–water partition coefficient (Wildman–Crippen LogP) is 1.75. The third-order valence-electron chi connectivity index (χ3n) is 2.88. The molecule has 4 nitrogen and oxygen atoms in total. The molecule has 0 aromatic carbocycles. The number of carbonyl (C=O) groups is 1. The van der Waals surface area contributed by atoms with E-state index in [-0.39, 0.29) is 12.5 Å². The molecule has 1 heterocycles. The van der Waals surface area contributed by atoms with Gasteiger partial charge in [-0.3, -0.25) is 4.79 Å². The third kappa shape index (κ3) is 6.20. The molecule has 1 fully saturated rings. The first kappa shape index (κ1) is 15.2. The summed E-state index contributed by atoms with van der Waals surface area (Å²) in [6.45, 7) is 0.706. The molecule has 1 rings (SSSR count). The summed E-state index contributed by atoms with van der Waals surface area (Å²) in [4.78, 5) is 12.8. The van der Waals surface area contributed by atoms with Crippen molar-refractivity contribution in [3.63, 3.8) is 0 Å². The predicted molar refractivity (Wildman–Crippen MR) is 58.3 cm³/mol. The van der Waals surface area contributed by atoms with Gasteiger partial charge >= 0.3 is 12.1 Å². The zero-order valence-corrected chi connectivity index (χ0v) is 10.1. The Labute approximate surface area is 104 Å². The largest absolute Gasteiger partial charge is 0.481 e. The average Bonchev–Trinajstić information content (AvgIpc) is 2.27. The molecular formula is C11H18F3NO3. The molecule has 0 amide bonds. The number of carboxylic acid groups (broad SMARTS) is 1. The monoisotopic (exact) mass is 269 g/mol. The summed E-state index contributed by atoms with van der Waals surface area (Å²) >= 11 is 0. The minimum atomic E-state index is -4.28. The number of ether oxygens (including phenoxy) is 1. The normalized spacial score (nSPS) is 22.1. The van der Waals surface area contributed by atoms with E-state index in [1.54, 1.807) is 0 Å². The van der Waals surface area contributed by atoms with Crippen molar-refractivity contribution in [1.82, 2.24) is 4.90 Å². The fourth-order valence-corrected chi connectivity index (χ4v) is 2.04. The quantitative estimate of drug-likeness (QED) is 0.746. The molecule has 7 heteroatoms. The molecule has 0 aromatic rings. The molecule has 0 radical (unpaired) electrons. The topological polar surface area (TPSA) is 49.8 Å². The van der Waals surface area contributed by atoms with Crippen LogP contribution < -0.4 is 0 Å². The molecule has 1 N–H and O–H groups in total. The van der Waals surface area contributed by atoms with E-state index < -0.39 is 18.8 Å². The van der Waals surface area contributed by atoms with Gasteiger partial charge in [-0.2, -0.15) is 13.2 Å². The van der Waals surface area contributed by atoms with Crippen molar-refractivity contribution in [2.45, 2.75) is 25.4 Å². The van der Waals surface area contributed by atoms with Gasteiger partial charge < -0.3 is 14.7 Å². The molecule has 1 atom stereocenters. The second-order valence-electron chi connectivity index (χ2n) is 4.50. The molecule has 0 bridgehead atoms. The summed E-state index contributed by atoms with van der Waals surface area (Å²) in [5, 5.41) is 8.88. The number of alkyl halides is 3. The number of hydrogen-bond donors (Lipinski definition) is 1. The van der Waals surface area contributed by atoms with Gasteiger partial charge in [-0.25, -0.2) is 0 Å². The summed E-state index contributed by atoms with van der Waals surface area (Å²) in [5.74, 6) is -1.15. The Balaban J connectivity index is 2.10. The standard InChI is InChI=1S/C11H18F3NO3/c12-11(13,14)8-18-6-2-5-15-4-1-3-9(7-15)10(16)17/h9H,1-8H2,(H,16,17). The Morgan fingerprint density at radius 2 is 2.17 bits per heavy atom. The van der Waals surface area contributed by atoms with Gasteiger partial charge in [-0.15, -0.1) is 0 Å². The molecule has 0 aromatic heterocycles. The lowest BCUT2D eigenvalue weighted by molar-refractivity contribution is -0.174. The van der Waals surface area contributed by atoms with Crippen molar-refractivity contribution in [2.75, 3.05) is 32.8 Å². The van der Waals surface area contributed by atoms with Gasteiger partial charge in [-0.05, 0) is 25.8 Å². The Bertz CT molecular complexity index is 271. The van der Waals surface area contributed by atoms with Crippen LogP contribution >= 0.6 is 0 Å². The van der Waals surface area contributed by atoms with Gasteiger partial charge in [0.2, 0.25) is 0 Å². The second kappa shape index (κ2) is 6.94. The lowest BCUT2D eigenvalue weighted by Crippen LogP contribution is -2.39.